The molecule has 0 aliphatic carbocycles. The highest BCUT2D eigenvalue weighted by atomic mass is 16.6. The Hall–Kier alpha value is -1.22. The maximum atomic E-state index is 5.56. The van der Waals surface area contributed by atoms with Gasteiger partial charge in [-0.25, -0.2) is 0 Å². The average molecular weight is 563 g/mol. The summed E-state index contributed by atoms with van der Waals surface area (Å²) >= 11 is 0. The highest BCUT2D eigenvalue weighted by Gasteiger charge is 1.96. The third-order valence-corrected chi connectivity index (χ3v) is 4.89. The van der Waals surface area contributed by atoms with Gasteiger partial charge in [-0.3, -0.25) is 0 Å². The SMILES string of the molecule is COCCOCCOCCOCCOCCOCCOCCOCCOCCOCCOCc1ccccc1. The van der Waals surface area contributed by atoms with Crippen molar-refractivity contribution in [2.24, 2.45) is 0 Å². The first-order valence-electron chi connectivity index (χ1n) is 13.7. The summed E-state index contributed by atoms with van der Waals surface area (Å²) in [5.41, 5.74) is 1.16. The van der Waals surface area contributed by atoms with Crippen molar-refractivity contribution in [3.8, 4) is 0 Å². The molecule has 11 heteroatoms. The van der Waals surface area contributed by atoms with Crippen LogP contribution in [0.3, 0.4) is 0 Å². The second-order valence-electron chi connectivity index (χ2n) is 8.04. The Labute approximate surface area is 234 Å². The Morgan fingerprint density at radius 3 is 0.872 bits per heavy atom. The second kappa shape index (κ2) is 31.3. The molecule has 1 aromatic rings. The van der Waals surface area contributed by atoms with Crippen molar-refractivity contribution in [2.75, 3.05) is 139 Å². The largest absolute Gasteiger partial charge is 0.382 e. The smallest absolute Gasteiger partial charge is 0.0718 e. The molecule has 0 unspecified atom stereocenters. The van der Waals surface area contributed by atoms with E-state index < -0.39 is 0 Å². The predicted octanol–water partition coefficient (Wildman–Crippen LogP) is 2.00. The van der Waals surface area contributed by atoms with Crippen molar-refractivity contribution in [1.82, 2.24) is 0 Å². The number of benzene rings is 1. The van der Waals surface area contributed by atoms with Crippen LogP contribution in [0.1, 0.15) is 5.56 Å². The van der Waals surface area contributed by atoms with Gasteiger partial charge in [0.25, 0.3) is 0 Å². The molecule has 0 aliphatic heterocycles. The van der Waals surface area contributed by atoms with Crippen LogP contribution in [0, 0.1) is 0 Å². The first-order chi connectivity index (χ1) is 19.4. The lowest BCUT2D eigenvalue weighted by Gasteiger charge is -2.09. The van der Waals surface area contributed by atoms with E-state index in [-0.39, 0.29) is 0 Å². The maximum absolute atomic E-state index is 5.56. The van der Waals surface area contributed by atoms with Gasteiger partial charge in [0, 0.05) is 7.11 Å². The summed E-state index contributed by atoms with van der Waals surface area (Å²) in [6.07, 6.45) is 0. The van der Waals surface area contributed by atoms with Crippen LogP contribution < -0.4 is 0 Å². The van der Waals surface area contributed by atoms with Crippen LogP contribution in [0.5, 0.6) is 0 Å². The van der Waals surface area contributed by atoms with Crippen LogP contribution in [-0.2, 0) is 58.7 Å². The number of hydrogen-bond acceptors (Lipinski definition) is 11. The van der Waals surface area contributed by atoms with Gasteiger partial charge in [-0.2, -0.15) is 0 Å². The summed E-state index contributed by atoms with van der Waals surface area (Å²) in [7, 11) is 1.65. The van der Waals surface area contributed by atoms with Crippen LogP contribution in [0.15, 0.2) is 30.3 Å². The summed E-state index contributed by atoms with van der Waals surface area (Å²) in [5.74, 6) is 0. The van der Waals surface area contributed by atoms with Crippen LogP contribution >= 0.6 is 0 Å². The number of ether oxygens (including phenoxy) is 11. The van der Waals surface area contributed by atoms with E-state index in [1.54, 1.807) is 7.11 Å². The molecule has 0 aromatic heterocycles. The first kappa shape index (κ1) is 35.8. The molecule has 0 N–H and O–H groups in total. The van der Waals surface area contributed by atoms with E-state index in [1.165, 1.54) is 0 Å². The number of rotatable bonds is 32. The molecule has 0 saturated carbocycles. The fraction of sp³-hybridized carbons (Fsp3) is 0.786. The molecular formula is C28H50O11. The van der Waals surface area contributed by atoms with Gasteiger partial charge in [0.05, 0.1) is 139 Å². The quantitative estimate of drug-likeness (QED) is 0.121. The molecule has 0 saturated heterocycles. The molecule has 0 atom stereocenters. The molecular weight excluding hydrogens is 512 g/mol. The fourth-order valence-electron chi connectivity index (χ4n) is 2.89. The zero-order chi connectivity index (χ0) is 27.7. The molecule has 0 spiro atoms. The number of methoxy groups -OCH3 is 1. The van der Waals surface area contributed by atoms with Gasteiger partial charge in [0.2, 0.25) is 0 Å². The third-order valence-electron chi connectivity index (χ3n) is 4.89. The average Bonchev–Trinajstić information content (AvgIpc) is 2.96. The minimum atomic E-state index is 0.521. The molecule has 1 aromatic carbocycles. The fourth-order valence-corrected chi connectivity index (χ4v) is 2.89. The van der Waals surface area contributed by atoms with E-state index in [4.69, 9.17) is 52.1 Å². The second-order valence-corrected chi connectivity index (χ2v) is 8.04. The van der Waals surface area contributed by atoms with Gasteiger partial charge in [-0.15, -0.1) is 0 Å². The molecule has 39 heavy (non-hydrogen) atoms. The normalized spacial score (nSPS) is 11.4. The highest BCUT2D eigenvalue weighted by Crippen LogP contribution is 2.00. The molecule has 0 fully saturated rings. The van der Waals surface area contributed by atoms with Gasteiger partial charge in [0.15, 0.2) is 0 Å². The van der Waals surface area contributed by atoms with E-state index in [1.807, 2.05) is 30.3 Å². The zero-order valence-corrected chi connectivity index (χ0v) is 23.7. The van der Waals surface area contributed by atoms with E-state index in [0.717, 1.165) is 5.56 Å². The Morgan fingerprint density at radius 2 is 0.590 bits per heavy atom. The summed E-state index contributed by atoms with van der Waals surface area (Å²) < 4.78 is 59.4. The molecule has 11 nitrogen and oxygen atoms in total. The lowest BCUT2D eigenvalue weighted by atomic mass is 10.2. The van der Waals surface area contributed by atoms with Gasteiger partial charge >= 0.3 is 0 Å². The minimum absolute atomic E-state index is 0.521. The van der Waals surface area contributed by atoms with Crippen LogP contribution in [-0.4, -0.2) is 139 Å². The maximum Gasteiger partial charge on any atom is 0.0718 e. The van der Waals surface area contributed by atoms with Gasteiger partial charge in [0.1, 0.15) is 0 Å². The van der Waals surface area contributed by atoms with Crippen molar-refractivity contribution in [3.63, 3.8) is 0 Å². The van der Waals surface area contributed by atoms with Crippen molar-refractivity contribution in [2.45, 2.75) is 6.61 Å². The third kappa shape index (κ3) is 28.1. The molecule has 0 aliphatic rings. The summed E-state index contributed by atoms with van der Waals surface area (Å²) in [5, 5.41) is 0. The Bertz CT molecular complexity index is 580. The predicted molar refractivity (Wildman–Crippen MR) is 145 cm³/mol. The van der Waals surface area contributed by atoms with E-state index in [0.29, 0.717) is 139 Å². The molecule has 0 heterocycles. The summed E-state index contributed by atoms with van der Waals surface area (Å²) in [6.45, 7) is 11.4. The lowest BCUT2D eigenvalue weighted by molar-refractivity contribution is -0.0273. The molecule has 0 radical (unpaired) electrons. The van der Waals surface area contributed by atoms with Crippen LogP contribution in [0.2, 0.25) is 0 Å². The standard InChI is InChI=1S/C28H50O11/c1-29-7-8-30-9-10-31-11-12-32-13-14-33-15-16-34-17-18-35-19-20-36-21-22-37-23-24-38-25-26-39-27-28-5-3-2-4-6-28/h2-6H,7-27H2,1H3. The van der Waals surface area contributed by atoms with E-state index in [9.17, 15) is 0 Å². The van der Waals surface area contributed by atoms with Crippen molar-refractivity contribution in [1.29, 1.82) is 0 Å². The first-order valence-corrected chi connectivity index (χ1v) is 13.7. The summed E-state index contributed by atoms with van der Waals surface area (Å²) in [6, 6.07) is 10.1. The molecule has 0 amide bonds. The number of hydrogen-bond donors (Lipinski definition) is 0. The molecule has 1 rings (SSSR count). The monoisotopic (exact) mass is 562 g/mol. The van der Waals surface area contributed by atoms with Crippen molar-refractivity contribution in [3.05, 3.63) is 35.9 Å². The zero-order valence-electron chi connectivity index (χ0n) is 23.7. The minimum Gasteiger partial charge on any atom is -0.382 e. The van der Waals surface area contributed by atoms with E-state index >= 15 is 0 Å². The van der Waals surface area contributed by atoms with Crippen molar-refractivity contribution >= 4 is 0 Å². The topological polar surface area (TPSA) is 102 Å². The van der Waals surface area contributed by atoms with Crippen LogP contribution in [0.25, 0.3) is 0 Å². The van der Waals surface area contributed by atoms with Crippen molar-refractivity contribution < 1.29 is 52.1 Å². The van der Waals surface area contributed by atoms with Crippen LogP contribution in [0.4, 0.5) is 0 Å². The van der Waals surface area contributed by atoms with E-state index in [2.05, 4.69) is 0 Å². The highest BCUT2D eigenvalue weighted by molar-refractivity contribution is 5.13. The van der Waals surface area contributed by atoms with Gasteiger partial charge < -0.3 is 52.1 Å². The van der Waals surface area contributed by atoms with Gasteiger partial charge in [-0.05, 0) is 5.56 Å². The molecule has 228 valence electrons. The Balaban J connectivity index is 1.62. The molecule has 0 bridgehead atoms. The lowest BCUT2D eigenvalue weighted by Crippen LogP contribution is -2.15. The van der Waals surface area contributed by atoms with Gasteiger partial charge in [-0.1, -0.05) is 30.3 Å². The Morgan fingerprint density at radius 1 is 0.333 bits per heavy atom. The Kier molecular flexibility index (Phi) is 28.7. The summed E-state index contributed by atoms with van der Waals surface area (Å²) in [4.78, 5) is 0.